The number of aryl methyl sites for hydroxylation is 1. The van der Waals surface area contributed by atoms with Crippen LogP contribution in [0, 0.1) is 12.7 Å². The molecule has 2 N–H and O–H groups in total. The van der Waals surface area contributed by atoms with Crippen LogP contribution >= 0.6 is 0 Å². The maximum absolute atomic E-state index is 12.6. The van der Waals surface area contributed by atoms with E-state index in [9.17, 15) is 17.6 Å². The van der Waals surface area contributed by atoms with E-state index in [0.29, 0.717) is 6.07 Å². The van der Waals surface area contributed by atoms with Gasteiger partial charge in [-0.25, -0.2) is 9.37 Å². The van der Waals surface area contributed by atoms with Crippen LogP contribution in [0.15, 0.2) is 6.07 Å². The van der Waals surface area contributed by atoms with Crippen LogP contribution in [0.1, 0.15) is 11.3 Å². The normalized spacial score (nSPS) is 11.8. The molecule has 0 bridgehead atoms. The minimum Gasteiger partial charge on any atom is -0.381 e. The van der Waals surface area contributed by atoms with Gasteiger partial charge in [-0.2, -0.15) is 13.2 Å². The summed E-state index contributed by atoms with van der Waals surface area (Å²) in [4.78, 5) is 3.22. The van der Waals surface area contributed by atoms with Gasteiger partial charge < -0.3 is 5.73 Å². The predicted molar refractivity (Wildman–Crippen MR) is 38.3 cm³/mol. The van der Waals surface area contributed by atoms with Gasteiger partial charge in [-0.15, -0.1) is 0 Å². The first-order valence-electron chi connectivity index (χ1n) is 3.32. The van der Waals surface area contributed by atoms with E-state index in [0.717, 1.165) is 6.92 Å². The summed E-state index contributed by atoms with van der Waals surface area (Å²) < 4.78 is 48.9. The topological polar surface area (TPSA) is 38.9 Å². The van der Waals surface area contributed by atoms with Gasteiger partial charge in [0.2, 0.25) is 0 Å². The Kier molecular flexibility index (Phi) is 2.15. The van der Waals surface area contributed by atoms with E-state index in [1.165, 1.54) is 0 Å². The number of aromatic nitrogens is 1. The van der Waals surface area contributed by atoms with Crippen LogP contribution in [0.5, 0.6) is 0 Å². The van der Waals surface area contributed by atoms with Crippen molar-refractivity contribution in [1.29, 1.82) is 0 Å². The van der Waals surface area contributed by atoms with Crippen molar-refractivity contribution in [2.45, 2.75) is 13.1 Å². The van der Waals surface area contributed by atoms with Crippen LogP contribution in [-0.2, 0) is 6.18 Å². The highest BCUT2D eigenvalue weighted by atomic mass is 19.4. The zero-order chi connectivity index (χ0) is 10.2. The van der Waals surface area contributed by atoms with Crippen LogP contribution in [-0.4, -0.2) is 4.98 Å². The van der Waals surface area contributed by atoms with Crippen LogP contribution in [0.25, 0.3) is 0 Å². The maximum Gasteiger partial charge on any atom is 0.418 e. The van der Waals surface area contributed by atoms with E-state index in [1.54, 1.807) is 0 Å². The second kappa shape index (κ2) is 2.86. The Balaban J connectivity index is 3.32. The smallest absolute Gasteiger partial charge is 0.381 e. The van der Waals surface area contributed by atoms with Crippen LogP contribution < -0.4 is 5.73 Å². The largest absolute Gasteiger partial charge is 0.418 e. The zero-order valence-corrected chi connectivity index (χ0v) is 6.61. The highest BCUT2D eigenvalue weighted by Crippen LogP contribution is 2.32. The van der Waals surface area contributed by atoms with E-state index >= 15 is 0 Å². The summed E-state index contributed by atoms with van der Waals surface area (Å²) >= 11 is 0. The summed E-state index contributed by atoms with van der Waals surface area (Å²) in [5, 5.41) is 0. The van der Waals surface area contributed by atoms with Gasteiger partial charge in [0.1, 0.15) is 0 Å². The molecule has 0 aliphatic carbocycles. The zero-order valence-electron chi connectivity index (χ0n) is 6.61. The number of alkyl halides is 3. The third-order valence-corrected chi connectivity index (χ3v) is 1.50. The first kappa shape index (κ1) is 9.76. The van der Waals surface area contributed by atoms with Crippen molar-refractivity contribution in [1.82, 2.24) is 4.98 Å². The molecule has 0 aromatic carbocycles. The third-order valence-electron chi connectivity index (χ3n) is 1.50. The van der Waals surface area contributed by atoms with Gasteiger partial charge in [0.25, 0.3) is 0 Å². The molecular weight excluding hydrogens is 188 g/mol. The Hall–Kier alpha value is -1.33. The van der Waals surface area contributed by atoms with E-state index in [2.05, 4.69) is 4.98 Å². The number of hydrogen-bond acceptors (Lipinski definition) is 2. The molecule has 0 fully saturated rings. The number of nitrogens with two attached hydrogens (primary N) is 1. The quantitative estimate of drug-likeness (QED) is 0.642. The number of pyridine rings is 1. The van der Waals surface area contributed by atoms with Crippen molar-refractivity contribution in [3.05, 3.63) is 23.1 Å². The monoisotopic (exact) mass is 194 g/mol. The summed E-state index contributed by atoms with van der Waals surface area (Å²) in [6.45, 7) is 1.12. The predicted octanol–water partition coefficient (Wildman–Crippen LogP) is 2.13. The van der Waals surface area contributed by atoms with Crippen LogP contribution in [0.3, 0.4) is 0 Å². The van der Waals surface area contributed by atoms with Crippen LogP contribution in [0.2, 0.25) is 0 Å². The number of nitrogen functional groups attached to an aromatic ring is 1. The molecule has 1 aromatic heterocycles. The molecule has 6 heteroatoms. The van der Waals surface area contributed by atoms with Gasteiger partial charge in [0.05, 0.1) is 11.3 Å². The molecule has 0 aliphatic heterocycles. The second-order valence-electron chi connectivity index (χ2n) is 2.49. The van der Waals surface area contributed by atoms with Crippen molar-refractivity contribution in [2.24, 2.45) is 0 Å². The summed E-state index contributed by atoms with van der Waals surface area (Å²) in [5.74, 6) is -1.68. The van der Waals surface area contributed by atoms with E-state index in [-0.39, 0.29) is 5.69 Å². The lowest BCUT2D eigenvalue weighted by Crippen LogP contribution is -2.11. The molecule has 0 aliphatic rings. The molecular formula is C7H6F4N2. The Morgan fingerprint density at radius 1 is 1.38 bits per heavy atom. The van der Waals surface area contributed by atoms with Gasteiger partial charge >= 0.3 is 6.18 Å². The molecule has 0 unspecified atom stereocenters. The Labute approximate surface area is 71.4 Å². The van der Waals surface area contributed by atoms with Crippen molar-refractivity contribution in [3.8, 4) is 0 Å². The fourth-order valence-electron chi connectivity index (χ4n) is 0.886. The first-order valence-corrected chi connectivity index (χ1v) is 3.32. The molecule has 0 spiro atoms. The van der Waals surface area contributed by atoms with Gasteiger partial charge in [-0.3, -0.25) is 0 Å². The minimum atomic E-state index is -4.59. The molecule has 0 saturated carbocycles. The average Bonchev–Trinajstić information content (AvgIpc) is 1.94. The standard InChI is InChI=1S/C7H6F4N2/c1-3-4(7(9,10)11)2-5(8)6(12)13-3/h2H,1H3,(H2,12,13). The summed E-state index contributed by atoms with van der Waals surface area (Å²) in [5.41, 5.74) is 3.55. The fraction of sp³-hybridized carbons (Fsp3) is 0.286. The van der Waals surface area contributed by atoms with Crippen LogP contribution in [0.4, 0.5) is 23.4 Å². The fourth-order valence-corrected chi connectivity index (χ4v) is 0.886. The summed E-state index contributed by atoms with van der Waals surface area (Å²) in [6.07, 6.45) is -4.59. The van der Waals surface area contributed by atoms with E-state index in [1.807, 2.05) is 0 Å². The molecule has 2 nitrogen and oxygen atoms in total. The molecule has 0 radical (unpaired) electrons. The summed E-state index contributed by atoms with van der Waals surface area (Å²) in [7, 11) is 0. The SMILES string of the molecule is Cc1nc(N)c(F)cc1C(F)(F)F. The average molecular weight is 194 g/mol. The van der Waals surface area contributed by atoms with E-state index in [4.69, 9.17) is 5.73 Å². The highest BCUT2D eigenvalue weighted by Gasteiger charge is 2.33. The highest BCUT2D eigenvalue weighted by molar-refractivity contribution is 5.36. The number of halogens is 4. The van der Waals surface area contributed by atoms with Gasteiger partial charge in [0.15, 0.2) is 11.6 Å². The third kappa shape index (κ3) is 1.88. The Morgan fingerprint density at radius 2 is 1.92 bits per heavy atom. The molecule has 0 atom stereocenters. The lowest BCUT2D eigenvalue weighted by atomic mass is 10.2. The molecule has 1 heterocycles. The summed E-state index contributed by atoms with van der Waals surface area (Å²) in [6, 6.07) is 0.345. The second-order valence-corrected chi connectivity index (χ2v) is 2.49. The van der Waals surface area contributed by atoms with Gasteiger partial charge in [-0.05, 0) is 13.0 Å². The molecule has 72 valence electrons. The Morgan fingerprint density at radius 3 is 2.38 bits per heavy atom. The van der Waals surface area contributed by atoms with Gasteiger partial charge in [0, 0.05) is 0 Å². The molecule has 1 aromatic rings. The van der Waals surface area contributed by atoms with E-state index < -0.39 is 23.4 Å². The van der Waals surface area contributed by atoms with Crippen molar-refractivity contribution < 1.29 is 17.6 Å². The Bertz CT molecular complexity index is 332. The lowest BCUT2D eigenvalue weighted by Gasteiger charge is -2.09. The number of nitrogens with zero attached hydrogens (tertiary/aromatic N) is 1. The number of anilines is 1. The molecule has 13 heavy (non-hydrogen) atoms. The number of rotatable bonds is 0. The maximum atomic E-state index is 12.6. The lowest BCUT2D eigenvalue weighted by molar-refractivity contribution is -0.138. The van der Waals surface area contributed by atoms with Crippen molar-refractivity contribution in [3.63, 3.8) is 0 Å². The molecule has 0 amide bonds. The van der Waals surface area contributed by atoms with Gasteiger partial charge in [-0.1, -0.05) is 0 Å². The molecule has 0 saturated heterocycles. The van der Waals surface area contributed by atoms with Crippen molar-refractivity contribution in [2.75, 3.05) is 5.73 Å². The minimum absolute atomic E-state index is 0.327. The number of hydrogen-bond donors (Lipinski definition) is 1. The molecule has 1 rings (SSSR count). The van der Waals surface area contributed by atoms with Crippen molar-refractivity contribution >= 4 is 5.82 Å². The first-order chi connectivity index (χ1) is 5.82.